The third kappa shape index (κ3) is 3.68. The molecule has 3 rings (SSSR count). The zero-order valence-electron chi connectivity index (χ0n) is 12.7. The van der Waals surface area contributed by atoms with Gasteiger partial charge in [-0.3, -0.25) is 0 Å². The summed E-state index contributed by atoms with van der Waals surface area (Å²) >= 11 is 1.56. The summed E-state index contributed by atoms with van der Waals surface area (Å²) in [5, 5.41) is 5.92. The Morgan fingerprint density at radius 3 is 3.13 bits per heavy atom. The Hall–Kier alpha value is -1.99. The van der Waals surface area contributed by atoms with E-state index in [-0.39, 0.29) is 11.7 Å². The van der Waals surface area contributed by atoms with Crippen molar-refractivity contribution in [3.63, 3.8) is 0 Å². The number of thiazole rings is 1. The summed E-state index contributed by atoms with van der Waals surface area (Å²) in [4.78, 5) is 15.9. The van der Waals surface area contributed by atoms with Crippen molar-refractivity contribution < 1.29 is 18.7 Å². The molecule has 1 aliphatic rings. The molecule has 0 radical (unpaired) electrons. The number of nitrogens with one attached hydrogen (secondary N) is 1. The Kier molecular flexibility index (Phi) is 4.88. The Balaban J connectivity index is 1.63. The van der Waals surface area contributed by atoms with Crippen molar-refractivity contribution >= 4 is 23.0 Å². The molecule has 23 heavy (non-hydrogen) atoms. The Morgan fingerprint density at radius 2 is 2.43 bits per heavy atom. The molecular weight excluding hydrogens is 319 g/mol. The summed E-state index contributed by atoms with van der Waals surface area (Å²) in [5.74, 6) is -1.06. The van der Waals surface area contributed by atoms with E-state index in [0.29, 0.717) is 12.2 Å². The number of nitrogens with zero attached hydrogens (tertiary/aromatic N) is 1. The second-order valence-electron chi connectivity index (χ2n) is 5.22. The number of carbonyl (C=O) groups excluding carboxylic acids is 1. The van der Waals surface area contributed by atoms with Crippen LogP contribution in [0.25, 0.3) is 0 Å². The smallest absolute Gasteiger partial charge is 0.337 e. The Bertz CT molecular complexity index is 698. The summed E-state index contributed by atoms with van der Waals surface area (Å²) in [5.41, 5.74) is 1.35. The molecule has 1 unspecified atom stereocenters. The Labute approximate surface area is 137 Å². The van der Waals surface area contributed by atoms with E-state index >= 15 is 0 Å². The summed E-state index contributed by atoms with van der Waals surface area (Å²) in [6.45, 7) is 1.20. The van der Waals surface area contributed by atoms with Crippen LogP contribution in [0.5, 0.6) is 0 Å². The molecule has 1 aromatic carbocycles. The van der Waals surface area contributed by atoms with Crippen molar-refractivity contribution in [2.24, 2.45) is 0 Å². The van der Waals surface area contributed by atoms with Gasteiger partial charge in [0.1, 0.15) is 16.9 Å². The van der Waals surface area contributed by atoms with Gasteiger partial charge in [0.15, 0.2) is 0 Å². The minimum Gasteiger partial charge on any atom is -0.465 e. The first-order valence-electron chi connectivity index (χ1n) is 7.35. The maximum absolute atomic E-state index is 14.0. The number of rotatable bonds is 5. The fourth-order valence-corrected chi connectivity index (χ4v) is 3.31. The number of carbonyl (C=O) groups is 1. The molecule has 2 aromatic rings. The lowest BCUT2D eigenvalue weighted by Crippen LogP contribution is -2.05. The van der Waals surface area contributed by atoms with Gasteiger partial charge in [0, 0.05) is 12.0 Å². The van der Waals surface area contributed by atoms with Crippen LogP contribution in [0.1, 0.15) is 40.0 Å². The highest BCUT2D eigenvalue weighted by molar-refractivity contribution is 7.09. The predicted molar refractivity (Wildman–Crippen MR) is 85.1 cm³/mol. The molecule has 1 N–H and O–H groups in total. The molecule has 2 heterocycles. The van der Waals surface area contributed by atoms with Crippen LogP contribution in [-0.2, 0) is 16.0 Å². The monoisotopic (exact) mass is 336 g/mol. The lowest BCUT2D eigenvalue weighted by molar-refractivity contribution is 0.0600. The molecule has 0 saturated carbocycles. The number of hydrogen-bond donors (Lipinski definition) is 1. The molecule has 7 heteroatoms. The molecular formula is C16H17FN2O3S. The van der Waals surface area contributed by atoms with Gasteiger partial charge in [-0.2, -0.15) is 0 Å². The quantitative estimate of drug-likeness (QED) is 0.847. The molecule has 0 amide bonds. The number of ether oxygens (including phenoxy) is 2. The standard InChI is InChI=1S/C16H17FN2O3S/c1-21-16(20)10-4-5-13(12(17)7-10)18-8-11-9-23-15(19-11)14-3-2-6-22-14/h4-5,7,9,14,18H,2-3,6,8H2,1H3. The highest BCUT2D eigenvalue weighted by Crippen LogP contribution is 2.30. The zero-order chi connectivity index (χ0) is 16.2. The topological polar surface area (TPSA) is 60.5 Å². The van der Waals surface area contributed by atoms with Crippen LogP contribution in [0.4, 0.5) is 10.1 Å². The number of hydrogen-bond acceptors (Lipinski definition) is 6. The minimum atomic E-state index is -0.559. The predicted octanol–water partition coefficient (Wildman–Crippen LogP) is 3.53. The minimum absolute atomic E-state index is 0.102. The van der Waals surface area contributed by atoms with E-state index < -0.39 is 11.8 Å². The molecule has 1 aromatic heterocycles. The van der Waals surface area contributed by atoms with E-state index in [1.165, 1.54) is 19.2 Å². The van der Waals surface area contributed by atoms with Crippen LogP contribution in [0, 0.1) is 5.82 Å². The number of halogens is 1. The third-order valence-electron chi connectivity index (χ3n) is 3.62. The number of aromatic nitrogens is 1. The highest BCUT2D eigenvalue weighted by Gasteiger charge is 2.20. The van der Waals surface area contributed by atoms with Gasteiger partial charge in [0.25, 0.3) is 0 Å². The first-order chi connectivity index (χ1) is 11.2. The van der Waals surface area contributed by atoms with Gasteiger partial charge in [-0.05, 0) is 31.0 Å². The van der Waals surface area contributed by atoms with Crippen molar-refractivity contribution in [1.82, 2.24) is 4.98 Å². The second-order valence-corrected chi connectivity index (χ2v) is 6.11. The van der Waals surface area contributed by atoms with E-state index in [0.717, 1.165) is 36.2 Å². The van der Waals surface area contributed by atoms with Crippen LogP contribution in [0.15, 0.2) is 23.6 Å². The SMILES string of the molecule is COC(=O)c1ccc(NCc2csc(C3CCCO3)n2)c(F)c1. The van der Waals surface area contributed by atoms with Crippen molar-refractivity contribution in [2.45, 2.75) is 25.5 Å². The lowest BCUT2D eigenvalue weighted by Gasteiger charge is -2.07. The first-order valence-corrected chi connectivity index (χ1v) is 8.23. The van der Waals surface area contributed by atoms with E-state index in [4.69, 9.17) is 4.74 Å². The maximum atomic E-state index is 14.0. The van der Waals surface area contributed by atoms with Crippen LogP contribution in [0.2, 0.25) is 0 Å². The summed E-state index contributed by atoms with van der Waals surface area (Å²) in [6, 6.07) is 4.21. The van der Waals surface area contributed by atoms with Gasteiger partial charge in [-0.1, -0.05) is 0 Å². The molecule has 1 atom stereocenters. The van der Waals surface area contributed by atoms with E-state index in [9.17, 15) is 9.18 Å². The van der Waals surface area contributed by atoms with Gasteiger partial charge >= 0.3 is 5.97 Å². The second kappa shape index (κ2) is 7.06. The summed E-state index contributed by atoms with van der Waals surface area (Å²) in [7, 11) is 1.26. The van der Waals surface area contributed by atoms with E-state index in [1.807, 2.05) is 5.38 Å². The van der Waals surface area contributed by atoms with Crippen LogP contribution in [0.3, 0.4) is 0 Å². The lowest BCUT2D eigenvalue weighted by atomic mass is 10.2. The van der Waals surface area contributed by atoms with Crippen LogP contribution >= 0.6 is 11.3 Å². The zero-order valence-corrected chi connectivity index (χ0v) is 13.5. The van der Waals surface area contributed by atoms with Crippen molar-refractivity contribution in [1.29, 1.82) is 0 Å². The Morgan fingerprint density at radius 1 is 1.57 bits per heavy atom. The van der Waals surface area contributed by atoms with Crippen molar-refractivity contribution in [3.8, 4) is 0 Å². The molecule has 1 saturated heterocycles. The van der Waals surface area contributed by atoms with E-state index in [2.05, 4.69) is 15.0 Å². The van der Waals surface area contributed by atoms with Crippen molar-refractivity contribution in [2.75, 3.05) is 19.0 Å². The number of benzene rings is 1. The highest BCUT2D eigenvalue weighted by atomic mass is 32.1. The summed E-state index contributed by atoms with van der Waals surface area (Å²) < 4.78 is 24.2. The molecule has 5 nitrogen and oxygen atoms in total. The summed E-state index contributed by atoms with van der Waals surface area (Å²) in [6.07, 6.45) is 2.17. The van der Waals surface area contributed by atoms with Crippen LogP contribution < -0.4 is 5.32 Å². The number of anilines is 1. The molecule has 122 valence electrons. The van der Waals surface area contributed by atoms with Crippen LogP contribution in [-0.4, -0.2) is 24.7 Å². The van der Waals surface area contributed by atoms with Gasteiger partial charge in [0.2, 0.25) is 0 Å². The van der Waals surface area contributed by atoms with Gasteiger partial charge in [-0.15, -0.1) is 11.3 Å². The van der Waals surface area contributed by atoms with E-state index in [1.54, 1.807) is 11.3 Å². The maximum Gasteiger partial charge on any atom is 0.337 e. The van der Waals surface area contributed by atoms with Gasteiger partial charge in [0.05, 0.1) is 30.6 Å². The normalized spacial score (nSPS) is 17.2. The molecule has 0 bridgehead atoms. The molecule has 1 aliphatic heterocycles. The fraction of sp³-hybridized carbons (Fsp3) is 0.375. The number of methoxy groups -OCH3 is 1. The van der Waals surface area contributed by atoms with Gasteiger partial charge in [-0.25, -0.2) is 14.2 Å². The first kappa shape index (κ1) is 15.9. The number of esters is 1. The molecule has 0 aliphatic carbocycles. The van der Waals surface area contributed by atoms with Crippen molar-refractivity contribution in [3.05, 3.63) is 45.7 Å². The largest absolute Gasteiger partial charge is 0.465 e. The fourth-order valence-electron chi connectivity index (χ4n) is 2.41. The average Bonchev–Trinajstić information content (AvgIpc) is 3.24. The molecule has 1 fully saturated rings. The third-order valence-corrected chi connectivity index (χ3v) is 4.61. The van der Waals surface area contributed by atoms with Gasteiger partial charge < -0.3 is 14.8 Å². The average molecular weight is 336 g/mol. The molecule has 0 spiro atoms.